The molecule has 156 valence electrons. The summed E-state index contributed by atoms with van der Waals surface area (Å²) in [4.78, 5) is 14.6. The number of likely N-dealkylation sites (tertiary alicyclic amines) is 1. The van der Waals surface area contributed by atoms with Crippen LogP contribution in [0.4, 0.5) is 14.5 Å². The lowest BCUT2D eigenvalue weighted by atomic mass is 10.0. The van der Waals surface area contributed by atoms with Crippen molar-refractivity contribution >= 4 is 11.6 Å². The molecule has 1 saturated heterocycles. The van der Waals surface area contributed by atoms with Crippen molar-refractivity contribution in [1.82, 2.24) is 4.90 Å². The second-order valence-corrected chi connectivity index (χ2v) is 6.71. The third kappa shape index (κ3) is 5.28. The number of alkyl halides is 2. The molecule has 1 fully saturated rings. The number of benzene rings is 2. The fraction of sp³-hybridized carbons (Fsp3) is 0.381. The van der Waals surface area contributed by atoms with Crippen LogP contribution in [0.25, 0.3) is 0 Å². The minimum atomic E-state index is -2.98. The summed E-state index contributed by atoms with van der Waals surface area (Å²) in [5.74, 6) is 0.887. The van der Waals surface area contributed by atoms with E-state index >= 15 is 0 Å². The van der Waals surface area contributed by atoms with Gasteiger partial charge >= 0.3 is 6.61 Å². The van der Waals surface area contributed by atoms with Crippen LogP contribution in [-0.2, 0) is 0 Å². The SMILES string of the molecule is COc1cc(N[C@@H]2CCCN(C(=O)c3ccccc3OC(F)F)C2)cc(OC)c1. The zero-order valence-corrected chi connectivity index (χ0v) is 16.4. The number of hydrogen-bond acceptors (Lipinski definition) is 5. The van der Waals surface area contributed by atoms with Gasteiger partial charge in [-0.3, -0.25) is 4.79 Å². The Kier molecular flexibility index (Phi) is 6.74. The average molecular weight is 406 g/mol. The predicted octanol–water partition coefficient (Wildman–Crippen LogP) is 4.02. The molecule has 1 aliphatic rings. The maximum absolute atomic E-state index is 12.9. The van der Waals surface area contributed by atoms with Crippen LogP contribution in [0.3, 0.4) is 0 Å². The number of nitrogens with zero attached hydrogens (tertiary/aromatic N) is 1. The molecule has 29 heavy (non-hydrogen) atoms. The summed E-state index contributed by atoms with van der Waals surface area (Å²) in [6.07, 6.45) is 1.67. The molecule has 1 N–H and O–H groups in total. The van der Waals surface area contributed by atoms with Crippen LogP contribution in [0.15, 0.2) is 42.5 Å². The summed E-state index contributed by atoms with van der Waals surface area (Å²) in [6.45, 7) is -1.98. The van der Waals surface area contributed by atoms with Gasteiger partial charge in [-0.1, -0.05) is 12.1 Å². The van der Waals surface area contributed by atoms with Crippen LogP contribution < -0.4 is 19.5 Å². The normalized spacial score (nSPS) is 16.4. The highest BCUT2D eigenvalue weighted by molar-refractivity contribution is 5.97. The van der Waals surface area contributed by atoms with Gasteiger partial charge < -0.3 is 24.4 Å². The van der Waals surface area contributed by atoms with Gasteiger partial charge in [0.1, 0.15) is 17.2 Å². The van der Waals surface area contributed by atoms with Gasteiger partial charge in [0, 0.05) is 43.0 Å². The monoisotopic (exact) mass is 406 g/mol. The molecule has 0 aromatic heterocycles. The molecule has 0 unspecified atom stereocenters. The fourth-order valence-electron chi connectivity index (χ4n) is 3.42. The molecule has 8 heteroatoms. The first-order valence-corrected chi connectivity index (χ1v) is 9.33. The Morgan fingerprint density at radius 3 is 2.48 bits per heavy atom. The van der Waals surface area contributed by atoms with E-state index in [1.807, 2.05) is 12.1 Å². The van der Waals surface area contributed by atoms with Gasteiger partial charge in [-0.2, -0.15) is 8.78 Å². The molecule has 1 aliphatic heterocycles. The van der Waals surface area contributed by atoms with Crippen molar-refractivity contribution in [2.24, 2.45) is 0 Å². The number of nitrogens with one attached hydrogen (secondary N) is 1. The number of amides is 1. The third-order valence-corrected chi connectivity index (χ3v) is 4.76. The van der Waals surface area contributed by atoms with E-state index in [1.165, 1.54) is 12.1 Å². The van der Waals surface area contributed by atoms with Crippen molar-refractivity contribution in [3.63, 3.8) is 0 Å². The van der Waals surface area contributed by atoms with E-state index in [2.05, 4.69) is 10.1 Å². The van der Waals surface area contributed by atoms with Gasteiger partial charge in [-0.25, -0.2) is 0 Å². The Balaban J connectivity index is 1.72. The Labute approximate surface area is 168 Å². The Bertz CT molecular complexity index is 825. The second-order valence-electron chi connectivity index (χ2n) is 6.71. The number of carbonyl (C=O) groups is 1. The largest absolute Gasteiger partial charge is 0.497 e. The van der Waals surface area contributed by atoms with Crippen LogP contribution in [0.2, 0.25) is 0 Å². The molecule has 0 saturated carbocycles. The molecule has 0 radical (unpaired) electrons. The van der Waals surface area contributed by atoms with Gasteiger partial charge in [-0.15, -0.1) is 0 Å². The van der Waals surface area contributed by atoms with Gasteiger partial charge in [0.05, 0.1) is 19.8 Å². The number of carbonyl (C=O) groups excluding carboxylic acids is 1. The lowest BCUT2D eigenvalue weighted by Crippen LogP contribution is -2.45. The molecular formula is C21H24F2N2O4. The van der Waals surface area contributed by atoms with Crippen LogP contribution in [-0.4, -0.2) is 50.8 Å². The number of rotatable bonds is 7. The van der Waals surface area contributed by atoms with Crippen molar-refractivity contribution in [1.29, 1.82) is 0 Å². The number of piperidine rings is 1. The highest BCUT2D eigenvalue weighted by Crippen LogP contribution is 2.28. The van der Waals surface area contributed by atoms with E-state index in [9.17, 15) is 13.6 Å². The molecule has 1 amide bonds. The van der Waals surface area contributed by atoms with E-state index in [4.69, 9.17) is 9.47 Å². The number of para-hydroxylation sites is 1. The molecule has 0 spiro atoms. The molecule has 6 nitrogen and oxygen atoms in total. The Morgan fingerprint density at radius 2 is 1.83 bits per heavy atom. The standard InChI is InChI=1S/C21H24F2N2O4/c1-27-16-10-15(11-17(12-16)28-2)24-14-6-5-9-25(13-14)20(26)18-7-3-4-8-19(18)29-21(22)23/h3-4,7-8,10-12,14,21,24H,5-6,9,13H2,1-2H3/t14-/m1/s1. The smallest absolute Gasteiger partial charge is 0.387 e. The maximum Gasteiger partial charge on any atom is 0.387 e. The van der Waals surface area contributed by atoms with Crippen molar-refractivity contribution in [2.75, 3.05) is 32.6 Å². The molecule has 1 heterocycles. The van der Waals surface area contributed by atoms with Crippen LogP contribution in [0.1, 0.15) is 23.2 Å². The topological polar surface area (TPSA) is 60.0 Å². The first-order valence-electron chi connectivity index (χ1n) is 9.33. The van der Waals surface area contributed by atoms with Crippen molar-refractivity contribution in [3.05, 3.63) is 48.0 Å². The van der Waals surface area contributed by atoms with E-state index < -0.39 is 6.61 Å². The highest BCUT2D eigenvalue weighted by Gasteiger charge is 2.27. The molecule has 3 rings (SSSR count). The summed E-state index contributed by atoms with van der Waals surface area (Å²) in [5.41, 5.74) is 0.957. The molecule has 2 aromatic carbocycles. The number of hydrogen-bond donors (Lipinski definition) is 1. The van der Waals surface area contributed by atoms with E-state index in [1.54, 1.807) is 37.3 Å². The van der Waals surface area contributed by atoms with Crippen LogP contribution >= 0.6 is 0 Å². The zero-order valence-electron chi connectivity index (χ0n) is 16.4. The zero-order chi connectivity index (χ0) is 20.8. The number of methoxy groups -OCH3 is 2. The van der Waals surface area contributed by atoms with Gasteiger partial charge in [-0.05, 0) is 25.0 Å². The van der Waals surface area contributed by atoms with Gasteiger partial charge in [0.2, 0.25) is 0 Å². The first kappa shape index (κ1) is 20.7. The van der Waals surface area contributed by atoms with Crippen molar-refractivity contribution in [3.8, 4) is 17.2 Å². The number of anilines is 1. The van der Waals surface area contributed by atoms with Crippen molar-refractivity contribution < 1.29 is 27.8 Å². The molecule has 0 aliphatic carbocycles. The highest BCUT2D eigenvalue weighted by atomic mass is 19.3. The molecule has 0 bridgehead atoms. The number of ether oxygens (including phenoxy) is 3. The Morgan fingerprint density at radius 1 is 1.14 bits per heavy atom. The van der Waals surface area contributed by atoms with Crippen molar-refractivity contribution in [2.45, 2.75) is 25.5 Å². The van der Waals surface area contributed by atoms with Crippen LogP contribution in [0, 0.1) is 0 Å². The molecular weight excluding hydrogens is 382 g/mol. The number of halogens is 2. The van der Waals surface area contributed by atoms with Crippen LogP contribution in [0.5, 0.6) is 17.2 Å². The van der Waals surface area contributed by atoms with Gasteiger partial charge in [0.15, 0.2) is 0 Å². The lowest BCUT2D eigenvalue weighted by Gasteiger charge is -2.34. The minimum Gasteiger partial charge on any atom is -0.497 e. The summed E-state index contributed by atoms with van der Waals surface area (Å²) >= 11 is 0. The summed E-state index contributed by atoms with van der Waals surface area (Å²) in [7, 11) is 3.16. The first-order chi connectivity index (χ1) is 14.0. The third-order valence-electron chi connectivity index (χ3n) is 4.76. The fourth-order valence-corrected chi connectivity index (χ4v) is 3.42. The summed E-state index contributed by atoms with van der Waals surface area (Å²) in [6, 6.07) is 11.6. The quantitative estimate of drug-likeness (QED) is 0.753. The lowest BCUT2D eigenvalue weighted by molar-refractivity contribution is -0.0503. The van der Waals surface area contributed by atoms with E-state index in [0.29, 0.717) is 24.6 Å². The Hall–Kier alpha value is -3.03. The summed E-state index contributed by atoms with van der Waals surface area (Å²) in [5, 5.41) is 3.41. The van der Waals surface area contributed by atoms with E-state index in [-0.39, 0.29) is 23.3 Å². The minimum absolute atomic E-state index is 0.00712. The molecule has 1 atom stereocenters. The summed E-state index contributed by atoms with van der Waals surface area (Å²) < 4.78 is 40.4. The predicted molar refractivity (Wildman–Crippen MR) is 105 cm³/mol. The van der Waals surface area contributed by atoms with Gasteiger partial charge in [0.25, 0.3) is 5.91 Å². The maximum atomic E-state index is 12.9. The molecule has 2 aromatic rings. The van der Waals surface area contributed by atoms with E-state index in [0.717, 1.165) is 18.5 Å². The average Bonchev–Trinajstić information content (AvgIpc) is 2.73. The second kappa shape index (κ2) is 9.45.